The van der Waals surface area contributed by atoms with Gasteiger partial charge < -0.3 is 5.73 Å². The maximum Gasteiger partial charge on any atom is 0.232 e. The molecule has 0 aliphatic carbocycles. The first-order chi connectivity index (χ1) is 7.35. The second-order valence-electron chi connectivity index (χ2n) is 3.11. The van der Waals surface area contributed by atoms with Crippen LogP contribution in [0, 0.1) is 11.2 Å². The topological polar surface area (TPSA) is 96.0 Å². The zero-order chi connectivity index (χ0) is 12.3. The molecule has 0 aromatic heterocycles. The fourth-order valence-electron chi connectivity index (χ4n) is 1.05. The van der Waals surface area contributed by atoms with Gasteiger partial charge in [-0.2, -0.15) is 0 Å². The first-order valence-corrected chi connectivity index (χ1v) is 6.15. The van der Waals surface area contributed by atoms with Crippen molar-refractivity contribution in [2.75, 3.05) is 10.5 Å². The summed E-state index contributed by atoms with van der Waals surface area (Å²) in [5.41, 5.74) is 5.21. The van der Waals surface area contributed by atoms with Crippen molar-refractivity contribution < 1.29 is 12.8 Å². The van der Waals surface area contributed by atoms with Gasteiger partial charge in [0.2, 0.25) is 10.0 Å². The molecule has 1 rings (SSSR count). The van der Waals surface area contributed by atoms with E-state index in [2.05, 4.69) is 4.72 Å². The molecule has 0 heterocycles. The molecule has 16 heavy (non-hydrogen) atoms. The summed E-state index contributed by atoms with van der Waals surface area (Å²) in [4.78, 5) is 0. The maximum absolute atomic E-state index is 13.1. The van der Waals surface area contributed by atoms with Gasteiger partial charge in [-0.1, -0.05) is 0 Å². The molecule has 5 nitrogen and oxygen atoms in total. The molecule has 0 saturated heterocycles. The average molecular weight is 245 g/mol. The number of rotatable bonds is 4. The number of halogens is 1. The Kier molecular flexibility index (Phi) is 3.48. The molecule has 0 saturated carbocycles. The van der Waals surface area contributed by atoms with E-state index in [9.17, 15) is 12.8 Å². The Morgan fingerprint density at radius 1 is 1.56 bits per heavy atom. The summed E-state index contributed by atoms with van der Waals surface area (Å²) in [5, 5.41) is 7.11. The number of sulfonamides is 1. The number of amidine groups is 1. The van der Waals surface area contributed by atoms with Crippen LogP contribution in [0.25, 0.3) is 0 Å². The minimum atomic E-state index is -3.41. The highest BCUT2D eigenvalue weighted by Crippen LogP contribution is 2.15. The number of nitrogen functional groups attached to an aromatic ring is 1. The van der Waals surface area contributed by atoms with Crippen molar-refractivity contribution >= 4 is 21.5 Å². The number of hydrogen-bond acceptors (Lipinski definition) is 3. The molecule has 4 N–H and O–H groups in total. The number of anilines is 1. The smallest absolute Gasteiger partial charge is 0.232 e. The van der Waals surface area contributed by atoms with Crippen LogP contribution in [0.15, 0.2) is 18.2 Å². The molecule has 0 spiro atoms. The largest absolute Gasteiger partial charge is 0.384 e. The van der Waals surface area contributed by atoms with Crippen LogP contribution in [0.5, 0.6) is 0 Å². The molecule has 0 aliphatic heterocycles. The van der Waals surface area contributed by atoms with Gasteiger partial charge in [-0.15, -0.1) is 0 Å². The summed E-state index contributed by atoms with van der Waals surface area (Å²) >= 11 is 0. The van der Waals surface area contributed by atoms with E-state index < -0.39 is 21.7 Å². The zero-order valence-corrected chi connectivity index (χ0v) is 9.44. The molecule has 0 atom stereocenters. The van der Waals surface area contributed by atoms with Crippen LogP contribution in [-0.2, 0) is 10.0 Å². The van der Waals surface area contributed by atoms with Gasteiger partial charge in [-0.25, -0.2) is 12.8 Å². The lowest BCUT2D eigenvalue weighted by Crippen LogP contribution is -2.17. The minimum Gasteiger partial charge on any atom is -0.384 e. The van der Waals surface area contributed by atoms with Gasteiger partial charge in [0.15, 0.2) is 0 Å². The molecule has 0 bridgehead atoms. The highest BCUT2D eigenvalue weighted by molar-refractivity contribution is 7.92. The Bertz CT molecular complexity index is 513. The van der Waals surface area contributed by atoms with Crippen molar-refractivity contribution in [1.82, 2.24) is 0 Å². The Morgan fingerprint density at radius 2 is 2.19 bits per heavy atom. The van der Waals surface area contributed by atoms with E-state index in [1.54, 1.807) is 0 Å². The third-order valence-corrected chi connectivity index (χ3v) is 3.22. The molecule has 0 fully saturated rings. The van der Waals surface area contributed by atoms with Gasteiger partial charge >= 0.3 is 0 Å². The fourth-order valence-corrected chi connectivity index (χ4v) is 1.68. The van der Waals surface area contributed by atoms with Crippen molar-refractivity contribution in [2.24, 2.45) is 5.73 Å². The molecule has 88 valence electrons. The number of hydrogen-bond donors (Lipinski definition) is 3. The monoisotopic (exact) mass is 245 g/mol. The highest BCUT2D eigenvalue weighted by Gasteiger charge is 2.10. The van der Waals surface area contributed by atoms with Crippen molar-refractivity contribution in [2.45, 2.75) is 6.92 Å². The lowest BCUT2D eigenvalue weighted by molar-refractivity contribution is 0.602. The van der Waals surface area contributed by atoms with Crippen molar-refractivity contribution in [3.05, 3.63) is 29.6 Å². The second-order valence-corrected chi connectivity index (χ2v) is 5.12. The Labute approximate surface area is 93.0 Å². The van der Waals surface area contributed by atoms with E-state index in [1.165, 1.54) is 19.1 Å². The summed E-state index contributed by atoms with van der Waals surface area (Å²) in [6.45, 7) is 1.48. The molecule has 1 aromatic rings. The summed E-state index contributed by atoms with van der Waals surface area (Å²) in [6, 6.07) is 3.52. The Hall–Kier alpha value is -1.63. The molecule has 1 aromatic carbocycles. The van der Waals surface area contributed by atoms with Crippen molar-refractivity contribution in [1.29, 1.82) is 5.41 Å². The van der Waals surface area contributed by atoms with Gasteiger partial charge in [0.25, 0.3) is 0 Å². The maximum atomic E-state index is 13.1. The van der Waals surface area contributed by atoms with Gasteiger partial charge in [0.05, 0.1) is 11.3 Å². The van der Waals surface area contributed by atoms with E-state index in [4.69, 9.17) is 11.1 Å². The van der Waals surface area contributed by atoms with Crippen LogP contribution in [0.1, 0.15) is 12.5 Å². The van der Waals surface area contributed by atoms with Crippen LogP contribution in [0.2, 0.25) is 0 Å². The van der Waals surface area contributed by atoms with Crippen LogP contribution >= 0.6 is 0 Å². The first kappa shape index (κ1) is 12.4. The molecule has 0 amide bonds. The standard InChI is InChI=1S/C9H12FN3O2S/c1-2-16(14,15)13-6-3-4-8(10)7(5-6)9(11)12/h3-5,13H,2H2,1H3,(H3,11,12). The summed E-state index contributed by atoms with van der Waals surface area (Å²) < 4.78 is 37.9. The molecule has 7 heteroatoms. The molecule has 0 unspecified atom stereocenters. The Morgan fingerprint density at radius 3 is 2.69 bits per heavy atom. The van der Waals surface area contributed by atoms with Crippen molar-refractivity contribution in [3.63, 3.8) is 0 Å². The quantitative estimate of drug-likeness (QED) is 0.542. The number of nitrogens with two attached hydrogens (primary N) is 1. The van der Waals surface area contributed by atoms with E-state index in [0.717, 1.165) is 6.07 Å². The van der Waals surface area contributed by atoms with Gasteiger partial charge in [0.1, 0.15) is 11.7 Å². The second kappa shape index (κ2) is 4.48. The normalized spacial score (nSPS) is 11.1. The summed E-state index contributed by atoms with van der Waals surface area (Å²) in [7, 11) is -3.41. The molecular weight excluding hydrogens is 233 g/mol. The van der Waals surface area contributed by atoms with Crippen LogP contribution in [0.4, 0.5) is 10.1 Å². The SMILES string of the molecule is CCS(=O)(=O)Nc1ccc(F)c(C(=N)N)c1. The minimum absolute atomic E-state index is 0.0836. The van der Waals surface area contributed by atoms with Gasteiger partial charge in [0, 0.05) is 5.69 Å². The lowest BCUT2D eigenvalue weighted by atomic mass is 10.2. The lowest BCUT2D eigenvalue weighted by Gasteiger charge is -2.08. The predicted molar refractivity (Wildman–Crippen MR) is 60.5 cm³/mol. The molecule has 0 radical (unpaired) electrons. The van der Waals surface area contributed by atoms with Crippen LogP contribution < -0.4 is 10.5 Å². The van der Waals surface area contributed by atoms with E-state index in [0.29, 0.717) is 0 Å². The third-order valence-electron chi connectivity index (χ3n) is 1.91. The molecular formula is C9H12FN3O2S. The Balaban J connectivity index is 3.09. The average Bonchev–Trinajstić information content (AvgIpc) is 2.20. The van der Waals surface area contributed by atoms with Crippen LogP contribution in [-0.4, -0.2) is 20.0 Å². The van der Waals surface area contributed by atoms with Crippen LogP contribution in [0.3, 0.4) is 0 Å². The first-order valence-electron chi connectivity index (χ1n) is 4.50. The number of nitrogens with one attached hydrogen (secondary N) is 2. The van der Waals surface area contributed by atoms with Crippen molar-refractivity contribution in [3.8, 4) is 0 Å². The van der Waals surface area contributed by atoms with Gasteiger partial charge in [-0.3, -0.25) is 10.1 Å². The summed E-state index contributed by atoms with van der Waals surface area (Å²) in [6.07, 6.45) is 0. The number of benzene rings is 1. The fraction of sp³-hybridized carbons (Fsp3) is 0.222. The molecule has 0 aliphatic rings. The van der Waals surface area contributed by atoms with E-state index in [-0.39, 0.29) is 17.0 Å². The van der Waals surface area contributed by atoms with Gasteiger partial charge in [-0.05, 0) is 25.1 Å². The highest BCUT2D eigenvalue weighted by atomic mass is 32.2. The predicted octanol–water partition coefficient (Wildman–Crippen LogP) is 0.871. The summed E-state index contributed by atoms with van der Waals surface area (Å²) in [5.74, 6) is -1.19. The van der Waals surface area contributed by atoms with E-state index in [1.807, 2.05) is 0 Å². The third kappa shape index (κ3) is 2.93. The van der Waals surface area contributed by atoms with E-state index >= 15 is 0 Å². The zero-order valence-electron chi connectivity index (χ0n) is 8.62.